The van der Waals surface area contributed by atoms with Crippen molar-refractivity contribution in [3.63, 3.8) is 0 Å². The second-order valence-electron chi connectivity index (χ2n) is 4.77. The van der Waals surface area contributed by atoms with Gasteiger partial charge in [0, 0.05) is 39.6 Å². The van der Waals surface area contributed by atoms with E-state index in [0.29, 0.717) is 13.0 Å². The van der Waals surface area contributed by atoms with E-state index in [2.05, 4.69) is 4.98 Å². The number of amides is 1. The van der Waals surface area contributed by atoms with Gasteiger partial charge < -0.3 is 4.90 Å². The van der Waals surface area contributed by atoms with Gasteiger partial charge in [0.25, 0.3) is 0 Å². The van der Waals surface area contributed by atoms with E-state index >= 15 is 0 Å². The lowest BCUT2D eigenvalue weighted by Gasteiger charge is -2.18. The number of rotatable bonds is 3. The van der Waals surface area contributed by atoms with E-state index in [1.165, 1.54) is 27.7 Å². The first-order valence-corrected chi connectivity index (χ1v) is 7.48. The van der Waals surface area contributed by atoms with Crippen LogP contribution in [-0.4, -0.2) is 55.7 Å². The van der Waals surface area contributed by atoms with Crippen LogP contribution in [0.1, 0.15) is 6.42 Å². The van der Waals surface area contributed by atoms with Crippen molar-refractivity contribution in [2.24, 2.45) is 5.92 Å². The first kappa shape index (κ1) is 14.0. The monoisotopic (exact) mass is 283 g/mol. The van der Waals surface area contributed by atoms with Crippen LogP contribution in [0, 0.1) is 5.92 Å². The molecule has 6 nitrogen and oxygen atoms in total. The number of carbonyl (C=O) groups is 1. The summed E-state index contributed by atoms with van der Waals surface area (Å²) in [5.74, 6) is -0.273. The zero-order chi connectivity index (χ0) is 14.0. The highest BCUT2D eigenvalue weighted by atomic mass is 32.2. The van der Waals surface area contributed by atoms with Gasteiger partial charge in [-0.3, -0.25) is 9.78 Å². The molecule has 1 unspecified atom stereocenters. The van der Waals surface area contributed by atoms with Gasteiger partial charge in [-0.15, -0.1) is 0 Å². The molecule has 0 bridgehead atoms. The quantitative estimate of drug-likeness (QED) is 0.793. The van der Waals surface area contributed by atoms with Gasteiger partial charge in [0.2, 0.25) is 15.9 Å². The number of hydrogen-bond acceptors (Lipinski definition) is 4. The van der Waals surface area contributed by atoms with E-state index in [1.807, 2.05) is 0 Å². The van der Waals surface area contributed by atoms with Gasteiger partial charge in [0.1, 0.15) is 4.90 Å². The molecule has 1 aliphatic rings. The minimum Gasteiger partial charge on any atom is -0.349 e. The van der Waals surface area contributed by atoms with Crippen molar-refractivity contribution in [2.45, 2.75) is 11.3 Å². The van der Waals surface area contributed by atoms with E-state index in [1.54, 1.807) is 20.2 Å². The summed E-state index contributed by atoms with van der Waals surface area (Å²) < 4.78 is 26.0. The molecular weight excluding hydrogens is 266 g/mol. The molecular formula is C12H17N3O3S. The van der Waals surface area contributed by atoms with Crippen molar-refractivity contribution < 1.29 is 13.2 Å². The Kier molecular flexibility index (Phi) is 3.86. The first-order chi connectivity index (χ1) is 8.93. The molecule has 0 N–H and O–H groups in total. The molecule has 1 fully saturated rings. The lowest BCUT2D eigenvalue weighted by atomic mass is 10.1. The Morgan fingerprint density at radius 2 is 2.21 bits per heavy atom. The fourth-order valence-corrected chi connectivity index (χ4v) is 3.63. The molecule has 0 aliphatic carbocycles. The van der Waals surface area contributed by atoms with Crippen LogP contribution in [0.2, 0.25) is 0 Å². The summed E-state index contributed by atoms with van der Waals surface area (Å²) in [5.41, 5.74) is 0. The van der Waals surface area contributed by atoms with Crippen molar-refractivity contribution in [2.75, 3.05) is 27.2 Å². The van der Waals surface area contributed by atoms with Crippen LogP contribution in [0.4, 0.5) is 0 Å². The standard InChI is InChI=1S/C12H17N3O3S/c1-14(2)12(16)10-5-7-15(9-10)19(17,18)11-4-3-6-13-8-11/h3-4,6,8,10H,5,7,9H2,1-2H3. The number of carbonyl (C=O) groups excluding carboxylic acids is 1. The van der Waals surface area contributed by atoms with Crippen molar-refractivity contribution in [3.8, 4) is 0 Å². The van der Waals surface area contributed by atoms with Crippen LogP contribution in [0.5, 0.6) is 0 Å². The van der Waals surface area contributed by atoms with Gasteiger partial charge in [-0.1, -0.05) is 0 Å². The highest BCUT2D eigenvalue weighted by Gasteiger charge is 2.36. The normalized spacial score (nSPS) is 20.4. The summed E-state index contributed by atoms with van der Waals surface area (Å²) in [6, 6.07) is 3.11. The lowest BCUT2D eigenvalue weighted by Crippen LogP contribution is -2.34. The Morgan fingerprint density at radius 3 is 2.79 bits per heavy atom. The molecule has 2 heterocycles. The van der Waals surface area contributed by atoms with Crippen LogP contribution < -0.4 is 0 Å². The molecule has 1 atom stereocenters. The summed E-state index contributed by atoms with van der Waals surface area (Å²) in [7, 11) is -0.168. The van der Waals surface area contributed by atoms with E-state index in [-0.39, 0.29) is 23.3 Å². The number of aromatic nitrogens is 1. The number of nitrogens with zero attached hydrogens (tertiary/aromatic N) is 3. The van der Waals surface area contributed by atoms with Crippen molar-refractivity contribution in [1.82, 2.24) is 14.2 Å². The number of sulfonamides is 1. The molecule has 7 heteroatoms. The Morgan fingerprint density at radius 1 is 1.47 bits per heavy atom. The van der Waals surface area contributed by atoms with Crippen LogP contribution in [-0.2, 0) is 14.8 Å². The molecule has 104 valence electrons. The van der Waals surface area contributed by atoms with Gasteiger partial charge in [0.05, 0.1) is 5.92 Å². The van der Waals surface area contributed by atoms with Crippen molar-refractivity contribution >= 4 is 15.9 Å². The van der Waals surface area contributed by atoms with E-state index < -0.39 is 10.0 Å². The zero-order valence-electron chi connectivity index (χ0n) is 11.0. The molecule has 19 heavy (non-hydrogen) atoms. The predicted octanol–water partition coefficient (Wildman–Crippen LogP) is 0.180. The van der Waals surface area contributed by atoms with Crippen molar-refractivity contribution in [1.29, 1.82) is 0 Å². The summed E-state index contributed by atoms with van der Waals surface area (Å²) in [6.45, 7) is 0.621. The smallest absolute Gasteiger partial charge is 0.244 e. The second kappa shape index (κ2) is 5.26. The fraction of sp³-hybridized carbons (Fsp3) is 0.500. The van der Waals surface area contributed by atoms with Gasteiger partial charge >= 0.3 is 0 Å². The topological polar surface area (TPSA) is 70.6 Å². The lowest BCUT2D eigenvalue weighted by molar-refractivity contribution is -0.132. The predicted molar refractivity (Wildman–Crippen MR) is 69.8 cm³/mol. The van der Waals surface area contributed by atoms with E-state index in [4.69, 9.17) is 0 Å². The van der Waals surface area contributed by atoms with Crippen LogP contribution in [0.15, 0.2) is 29.4 Å². The zero-order valence-corrected chi connectivity index (χ0v) is 11.8. The largest absolute Gasteiger partial charge is 0.349 e. The molecule has 1 aliphatic heterocycles. The average Bonchev–Trinajstić information content (AvgIpc) is 2.89. The van der Waals surface area contributed by atoms with Gasteiger partial charge in [-0.2, -0.15) is 4.31 Å². The van der Waals surface area contributed by atoms with Crippen LogP contribution in [0.25, 0.3) is 0 Å². The first-order valence-electron chi connectivity index (χ1n) is 6.04. The van der Waals surface area contributed by atoms with Crippen molar-refractivity contribution in [3.05, 3.63) is 24.5 Å². The van der Waals surface area contributed by atoms with E-state index in [9.17, 15) is 13.2 Å². The molecule has 2 rings (SSSR count). The summed E-state index contributed by atoms with van der Waals surface area (Å²) in [6.07, 6.45) is 3.42. The minimum atomic E-state index is -3.53. The molecule has 0 radical (unpaired) electrons. The Hall–Kier alpha value is -1.47. The molecule has 0 aromatic carbocycles. The Labute approximate surface area is 113 Å². The highest BCUT2D eigenvalue weighted by molar-refractivity contribution is 7.89. The van der Waals surface area contributed by atoms with Gasteiger partial charge in [0.15, 0.2) is 0 Å². The van der Waals surface area contributed by atoms with Gasteiger partial charge in [-0.05, 0) is 18.6 Å². The molecule has 1 aromatic rings. The molecule has 0 saturated carbocycles. The maximum absolute atomic E-state index is 12.3. The molecule has 1 aromatic heterocycles. The average molecular weight is 283 g/mol. The third-order valence-electron chi connectivity index (χ3n) is 3.21. The van der Waals surface area contributed by atoms with Gasteiger partial charge in [-0.25, -0.2) is 8.42 Å². The third-order valence-corrected chi connectivity index (χ3v) is 5.06. The Bertz CT molecular complexity index is 557. The third kappa shape index (κ3) is 2.76. The molecule has 1 amide bonds. The minimum absolute atomic E-state index is 0.0242. The number of pyridine rings is 1. The molecule has 1 saturated heterocycles. The maximum atomic E-state index is 12.3. The molecule has 0 spiro atoms. The maximum Gasteiger partial charge on any atom is 0.244 e. The van der Waals surface area contributed by atoms with Crippen LogP contribution >= 0.6 is 0 Å². The second-order valence-corrected chi connectivity index (χ2v) is 6.71. The summed E-state index contributed by atoms with van der Waals surface area (Å²) in [4.78, 5) is 17.3. The fourth-order valence-electron chi connectivity index (χ4n) is 2.16. The summed E-state index contributed by atoms with van der Waals surface area (Å²) in [5, 5.41) is 0. The van der Waals surface area contributed by atoms with Crippen LogP contribution in [0.3, 0.4) is 0 Å². The Balaban J connectivity index is 2.15. The number of hydrogen-bond donors (Lipinski definition) is 0. The summed E-state index contributed by atoms with van der Waals surface area (Å²) >= 11 is 0. The highest BCUT2D eigenvalue weighted by Crippen LogP contribution is 2.24. The van der Waals surface area contributed by atoms with E-state index in [0.717, 1.165) is 0 Å². The SMILES string of the molecule is CN(C)C(=O)C1CCN(S(=O)(=O)c2cccnc2)C1.